The van der Waals surface area contributed by atoms with Crippen molar-refractivity contribution in [1.29, 1.82) is 0 Å². The van der Waals surface area contributed by atoms with E-state index in [1.54, 1.807) is 0 Å². The first-order valence-electron chi connectivity index (χ1n) is 4.08. The SMILES string of the molecule is C[C@@]1(C(N)=O)CN=C(NC(N)=O)NC1=O. The highest BCUT2D eigenvalue weighted by Gasteiger charge is 2.42. The van der Waals surface area contributed by atoms with Gasteiger partial charge in [-0.05, 0) is 6.92 Å². The molecule has 82 valence electrons. The maximum absolute atomic E-state index is 11.5. The molecule has 0 bridgehead atoms. The van der Waals surface area contributed by atoms with E-state index in [4.69, 9.17) is 11.5 Å². The number of primary amides is 2. The Morgan fingerprint density at radius 2 is 2.13 bits per heavy atom. The van der Waals surface area contributed by atoms with Gasteiger partial charge in [0.05, 0.1) is 6.54 Å². The molecule has 0 aromatic heterocycles. The van der Waals surface area contributed by atoms with E-state index in [1.165, 1.54) is 6.92 Å². The summed E-state index contributed by atoms with van der Waals surface area (Å²) < 4.78 is 0. The van der Waals surface area contributed by atoms with Gasteiger partial charge in [0.2, 0.25) is 17.8 Å². The number of rotatable bonds is 1. The smallest absolute Gasteiger partial charge is 0.318 e. The zero-order valence-corrected chi connectivity index (χ0v) is 8.03. The van der Waals surface area contributed by atoms with Gasteiger partial charge in [0.25, 0.3) is 0 Å². The van der Waals surface area contributed by atoms with Crippen molar-refractivity contribution in [3.63, 3.8) is 0 Å². The van der Waals surface area contributed by atoms with Crippen LogP contribution in [0.15, 0.2) is 4.99 Å². The highest BCUT2D eigenvalue weighted by atomic mass is 16.2. The summed E-state index contributed by atoms with van der Waals surface area (Å²) in [6.45, 7) is 1.25. The van der Waals surface area contributed by atoms with Crippen molar-refractivity contribution in [1.82, 2.24) is 10.6 Å². The number of hydrogen-bond acceptors (Lipinski definition) is 4. The van der Waals surface area contributed by atoms with Crippen molar-refractivity contribution in [2.75, 3.05) is 6.54 Å². The van der Waals surface area contributed by atoms with Gasteiger partial charge in [-0.25, -0.2) is 4.79 Å². The molecule has 0 aromatic carbocycles. The van der Waals surface area contributed by atoms with Crippen LogP contribution in [-0.4, -0.2) is 30.3 Å². The Bertz CT molecular complexity index is 364. The molecule has 8 heteroatoms. The van der Waals surface area contributed by atoms with E-state index in [2.05, 4.69) is 15.6 Å². The van der Waals surface area contributed by atoms with Gasteiger partial charge in [0.1, 0.15) is 5.41 Å². The van der Waals surface area contributed by atoms with Gasteiger partial charge in [-0.1, -0.05) is 0 Å². The van der Waals surface area contributed by atoms with E-state index in [0.29, 0.717) is 0 Å². The second-order valence-corrected chi connectivity index (χ2v) is 3.30. The molecule has 0 aliphatic carbocycles. The van der Waals surface area contributed by atoms with Crippen LogP contribution in [0.1, 0.15) is 6.92 Å². The van der Waals surface area contributed by atoms with E-state index in [1.807, 2.05) is 0 Å². The van der Waals surface area contributed by atoms with Gasteiger partial charge < -0.3 is 11.5 Å². The molecule has 0 aromatic rings. The molecule has 1 aliphatic rings. The van der Waals surface area contributed by atoms with E-state index in [-0.39, 0.29) is 12.5 Å². The minimum Gasteiger partial charge on any atom is -0.369 e. The third kappa shape index (κ3) is 2.03. The average Bonchev–Trinajstić information content (AvgIpc) is 2.10. The molecule has 8 nitrogen and oxygen atoms in total. The van der Waals surface area contributed by atoms with E-state index in [0.717, 1.165) is 0 Å². The monoisotopic (exact) mass is 213 g/mol. The second-order valence-electron chi connectivity index (χ2n) is 3.30. The Hall–Kier alpha value is -2.12. The molecule has 0 spiro atoms. The molecule has 0 fully saturated rings. The Balaban J connectivity index is 2.84. The summed E-state index contributed by atoms with van der Waals surface area (Å²) in [5.74, 6) is -1.47. The maximum atomic E-state index is 11.5. The van der Waals surface area contributed by atoms with Crippen molar-refractivity contribution >= 4 is 23.8 Å². The molecule has 0 radical (unpaired) electrons. The van der Waals surface area contributed by atoms with Crippen LogP contribution in [0.3, 0.4) is 0 Å². The summed E-state index contributed by atoms with van der Waals surface area (Å²) in [6, 6.07) is -0.850. The van der Waals surface area contributed by atoms with Crippen molar-refractivity contribution in [2.45, 2.75) is 6.92 Å². The third-order valence-electron chi connectivity index (χ3n) is 2.07. The lowest BCUT2D eigenvalue weighted by Gasteiger charge is -2.27. The minimum absolute atomic E-state index is 0.0776. The lowest BCUT2D eigenvalue weighted by atomic mass is 9.88. The lowest BCUT2D eigenvalue weighted by Crippen LogP contribution is -2.58. The molecule has 1 atom stereocenters. The number of urea groups is 1. The summed E-state index contributed by atoms with van der Waals surface area (Å²) in [5.41, 5.74) is 8.49. The Morgan fingerprint density at radius 3 is 2.53 bits per heavy atom. The van der Waals surface area contributed by atoms with Gasteiger partial charge >= 0.3 is 6.03 Å². The first-order valence-corrected chi connectivity index (χ1v) is 4.08. The predicted molar refractivity (Wildman–Crippen MR) is 50.5 cm³/mol. The number of nitrogens with two attached hydrogens (primary N) is 2. The molecule has 1 aliphatic heterocycles. The molecule has 1 rings (SSSR count). The number of amides is 4. The molecule has 0 saturated heterocycles. The Kier molecular flexibility index (Phi) is 2.60. The molecule has 4 amide bonds. The van der Waals surface area contributed by atoms with E-state index >= 15 is 0 Å². The van der Waals surface area contributed by atoms with Crippen LogP contribution in [0.25, 0.3) is 0 Å². The molecular formula is C7H11N5O3. The second kappa shape index (κ2) is 3.56. The number of carbonyl (C=O) groups excluding carboxylic acids is 3. The van der Waals surface area contributed by atoms with Crippen LogP contribution < -0.4 is 22.1 Å². The van der Waals surface area contributed by atoms with Crippen LogP contribution >= 0.6 is 0 Å². The van der Waals surface area contributed by atoms with Crippen LogP contribution in [-0.2, 0) is 9.59 Å². The predicted octanol–water partition coefficient (Wildman–Crippen LogP) is -2.37. The zero-order chi connectivity index (χ0) is 11.6. The quantitative estimate of drug-likeness (QED) is 0.362. The summed E-state index contributed by atoms with van der Waals surface area (Å²) in [4.78, 5) is 36.7. The zero-order valence-electron chi connectivity index (χ0n) is 8.03. The van der Waals surface area contributed by atoms with Crippen LogP contribution in [0, 0.1) is 5.41 Å². The highest BCUT2D eigenvalue weighted by Crippen LogP contribution is 2.18. The van der Waals surface area contributed by atoms with Crippen molar-refractivity contribution in [3.8, 4) is 0 Å². The molecule has 0 unspecified atom stereocenters. The fourth-order valence-corrected chi connectivity index (χ4v) is 0.971. The molecule has 6 N–H and O–H groups in total. The van der Waals surface area contributed by atoms with Crippen molar-refractivity contribution in [3.05, 3.63) is 0 Å². The summed E-state index contributed by atoms with van der Waals surface area (Å²) in [6.07, 6.45) is 0. The van der Waals surface area contributed by atoms with E-state index in [9.17, 15) is 14.4 Å². The Morgan fingerprint density at radius 1 is 1.53 bits per heavy atom. The number of carbonyl (C=O) groups is 3. The number of aliphatic imine (C=N–C) groups is 1. The molecule has 0 saturated carbocycles. The van der Waals surface area contributed by atoms with Gasteiger partial charge in [-0.2, -0.15) is 0 Å². The molecular weight excluding hydrogens is 202 g/mol. The number of guanidine groups is 1. The molecule has 15 heavy (non-hydrogen) atoms. The Labute approximate surface area is 85.1 Å². The van der Waals surface area contributed by atoms with Crippen molar-refractivity contribution < 1.29 is 14.4 Å². The van der Waals surface area contributed by atoms with Crippen LogP contribution in [0.4, 0.5) is 4.79 Å². The summed E-state index contributed by atoms with van der Waals surface area (Å²) in [5, 5.41) is 4.31. The topological polar surface area (TPSA) is 140 Å². The largest absolute Gasteiger partial charge is 0.369 e. The fourth-order valence-electron chi connectivity index (χ4n) is 0.971. The number of nitrogens with zero attached hydrogens (tertiary/aromatic N) is 1. The highest BCUT2D eigenvalue weighted by molar-refractivity contribution is 6.14. The third-order valence-corrected chi connectivity index (χ3v) is 2.07. The summed E-state index contributed by atoms with van der Waals surface area (Å²) >= 11 is 0. The van der Waals surface area contributed by atoms with Crippen LogP contribution in [0.5, 0.6) is 0 Å². The number of nitrogens with one attached hydrogen (secondary N) is 2. The van der Waals surface area contributed by atoms with E-state index < -0.39 is 23.3 Å². The summed E-state index contributed by atoms with van der Waals surface area (Å²) in [7, 11) is 0. The van der Waals surface area contributed by atoms with Gasteiger partial charge in [-0.3, -0.25) is 25.2 Å². The molecule has 1 heterocycles. The van der Waals surface area contributed by atoms with Gasteiger partial charge in [0.15, 0.2) is 0 Å². The normalized spacial score (nSPS) is 25.1. The maximum Gasteiger partial charge on any atom is 0.318 e. The standard InChI is InChI=1S/C7H11N5O3/c1-7(3(8)13)2-10-6(11-4(7)14)12-5(9)15/h2H2,1H3,(H2,8,13)(H4,9,10,11,12,14,15)/t7-/m0/s1. The first kappa shape index (κ1) is 11.0. The van der Waals surface area contributed by atoms with Gasteiger partial charge in [0, 0.05) is 0 Å². The van der Waals surface area contributed by atoms with Crippen LogP contribution in [0.2, 0.25) is 0 Å². The van der Waals surface area contributed by atoms with Crippen molar-refractivity contribution in [2.24, 2.45) is 21.9 Å². The lowest BCUT2D eigenvalue weighted by molar-refractivity contribution is -0.139. The minimum atomic E-state index is -1.39. The first-order chi connectivity index (χ1) is 6.86. The number of hydrogen-bond donors (Lipinski definition) is 4. The fraction of sp³-hybridized carbons (Fsp3) is 0.429. The average molecular weight is 213 g/mol. The van der Waals surface area contributed by atoms with Gasteiger partial charge in [-0.15, -0.1) is 0 Å².